The van der Waals surface area contributed by atoms with Gasteiger partial charge in [-0.1, -0.05) is 23.7 Å². The molecule has 0 radical (unpaired) electrons. The highest BCUT2D eigenvalue weighted by Gasteiger charge is 2.20. The highest BCUT2D eigenvalue weighted by Crippen LogP contribution is 2.27. The van der Waals surface area contributed by atoms with E-state index >= 15 is 0 Å². The Morgan fingerprint density at radius 2 is 1.84 bits per heavy atom. The molecule has 0 saturated carbocycles. The Balaban J connectivity index is 1.88. The third-order valence-electron chi connectivity index (χ3n) is 5.50. The molecular weight excluding hydrogens is 493 g/mol. The normalized spacial score (nSPS) is 11.8. The monoisotopic (exact) mass is 521 g/mol. The first-order valence-corrected chi connectivity index (χ1v) is 12.2. The second-order valence-electron chi connectivity index (χ2n) is 10.3. The Morgan fingerprint density at radius 3 is 2.51 bits per heavy atom. The number of nitrogens with one attached hydrogen (secondary N) is 1. The minimum absolute atomic E-state index is 0.164. The molecule has 0 fully saturated rings. The minimum atomic E-state index is -0.491. The molecule has 192 valence electrons. The summed E-state index contributed by atoms with van der Waals surface area (Å²) in [7, 11) is 3.94. The number of amides is 1. The predicted octanol–water partition coefficient (Wildman–Crippen LogP) is 4.89. The van der Waals surface area contributed by atoms with Gasteiger partial charge in [0.2, 0.25) is 5.91 Å². The van der Waals surface area contributed by atoms with E-state index in [2.05, 4.69) is 15.3 Å². The highest BCUT2D eigenvalue weighted by molar-refractivity contribution is 6.31. The fourth-order valence-corrected chi connectivity index (χ4v) is 4.39. The molecular formula is C28H29ClFN5O2. The van der Waals surface area contributed by atoms with Crippen LogP contribution in [0.3, 0.4) is 0 Å². The number of fused-ring (bicyclic) bond motifs is 1. The van der Waals surface area contributed by atoms with E-state index in [1.165, 1.54) is 22.8 Å². The number of carbonyl (C=O) groups is 1. The van der Waals surface area contributed by atoms with Crippen molar-refractivity contribution in [3.8, 4) is 22.5 Å². The van der Waals surface area contributed by atoms with Crippen LogP contribution in [0, 0.1) is 5.82 Å². The number of aromatic nitrogens is 3. The minimum Gasteiger partial charge on any atom is -0.350 e. The van der Waals surface area contributed by atoms with Crippen molar-refractivity contribution in [2.45, 2.75) is 39.4 Å². The molecule has 4 rings (SSSR count). The van der Waals surface area contributed by atoms with Crippen molar-refractivity contribution < 1.29 is 9.18 Å². The Bertz CT molecular complexity index is 1540. The van der Waals surface area contributed by atoms with Crippen LogP contribution in [0.5, 0.6) is 0 Å². The zero-order valence-electron chi connectivity index (χ0n) is 21.5. The standard InChI is InChI=1S/C28H29ClFN5O2/c1-28(2,3)33-24(36)16-35-26(18-7-6-8-22(30)12-18)32-25-23(27(35)37)13-20(14-31-25)19-9-17(15-34(4)5)10-21(29)11-19/h6-14H,15-16H2,1-5H3,(H,33,36). The Hall–Kier alpha value is -3.62. The van der Waals surface area contributed by atoms with Crippen molar-refractivity contribution in [3.05, 3.63) is 81.5 Å². The van der Waals surface area contributed by atoms with Crippen LogP contribution >= 0.6 is 11.6 Å². The van der Waals surface area contributed by atoms with E-state index in [0.29, 0.717) is 22.7 Å². The number of halogens is 2. The van der Waals surface area contributed by atoms with Crippen molar-refractivity contribution in [1.82, 2.24) is 24.8 Å². The summed E-state index contributed by atoms with van der Waals surface area (Å²) in [6, 6.07) is 13.2. The molecule has 2 aromatic carbocycles. The topological polar surface area (TPSA) is 80.1 Å². The van der Waals surface area contributed by atoms with Gasteiger partial charge >= 0.3 is 0 Å². The van der Waals surface area contributed by atoms with Crippen molar-refractivity contribution in [1.29, 1.82) is 0 Å². The van der Waals surface area contributed by atoms with Crippen molar-refractivity contribution in [3.63, 3.8) is 0 Å². The van der Waals surface area contributed by atoms with Gasteiger partial charge < -0.3 is 10.2 Å². The Kier molecular flexibility index (Phi) is 7.43. The molecule has 9 heteroatoms. The van der Waals surface area contributed by atoms with Crippen LogP contribution in [0.1, 0.15) is 26.3 Å². The van der Waals surface area contributed by atoms with Crippen molar-refractivity contribution in [2.24, 2.45) is 0 Å². The summed E-state index contributed by atoms with van der Waals surface area (Å²) >= 11 is 6.38. The van der Waals surface area contributed by atoms with Gasteiger partial charge in [-0.3, -0.25) is 14.2 Å². The largest absolute Gasteiger partial charge is 0.350 e. The molecule has 0 aliphatic heterocycles. The average Bonchev–Trinajstić information content (AvgIpc) is 2.78. The van der Waals surface area contributed by atoms with Crippen molar-refractivity contribution >= 4 is 28.5 Å². The zero-order chi connectivity index (χ0) is 26.9. The molecule has 0 atom stereocenters. The van der Waals surface area contributed by atoms with Gasteiger partial charge in [-0.25, -0.2) is 14.4 Å². The van der Waals surface area contributed by atoms with E-state index in [-0.39, 0.29) is 29.3 Å². The molecule has 0 spiro atoms. The molecule has 0 unspecified atom stereocenters. The first kappa shape index (κ1) is 26.4. The molecule has 1 N–H and O–H groups in total. The van der Waals surface area contributed by atoms with Gasteiger partial charge in [0.1, 0.15) is 18.2 Å². The van der Waals surface area contributed by atoms with Crippen LogP contribution < -0.4 is 10.9 Å². The Labute approximate surface area is 219 Å². The Morgan fingerprint density at radius 1 is 1.08 bits per heavy atom. The second-order valence-corrected chi connectivity index (χ2v) is 10.8. The van der Waals surface area contributed by atoms with Gasteiger partial charge in [0.05, 0.1) is 5.39 Å². The van der Waals surface area contributed by atoms with Gasteiger partial charge in [0.15, 0.2) is 5.65 Å². The fraction of sp³-hybridized carbons (Fsp3) is 0.286. The molecule has 2 aromatic heterocycles. The van der Waals surface area contributed by atoms with E-state index in [9.17, 15) is 14.0 Å². The molecule has 4 aromatic rings. The van der Waals surface area contributed by atoms with Gasteiger partial charge in [-0.15, -0.1) is 0 Å². The molecule has 0 aliphatic carbocycles. The predicted molar refractivity (Wildman–Crippen MR) is 145 cm³/mol. The van der Waals surface area contributed by atoms with Crippen LogP contribution in [0.15, 0.2) is 59.5 Å². The maximum Gasteiger partial charge on any atom is 0.263 e. The highest BCUT2D eigenvalue weighted by atomic mass is 35.5. The van der Waals surface area contributed by atoms with Crippen LogP contribution in [-0.2, 0) is 17.9 Å². The molecule has 37 heavy (non-hydrogen) atoms. The SMILES string of the molecule is CN(C)Cc1cc(Cl)cc(-c2cnc3nc(-c4cccc(F)c4)n(CC(=O)NC(C)(C)C)c(=O)c3c2)c1. The first-order valence-electron chi connectivity index (χ1n) is 11.8. The summed E-state index contributed by atoms with van der Waals surface area (Å²) in [5, 5.41) is 3.68. The van der Waals surface area contributed by atoms with E-state index < -0.39 is 16.9 Å². The summed E-state index contributed by atoms with van der Waals surface area (Å²) in [6.07, 6.45) is 1.63. The van der Waals surface area contributed by atoms with Crippen molar-refractivity contribution in [2.75, 3.05) is 14.1 Å². The number of pyridine rings is 1. The zero-order valence-corrected chi connectivity index (χ0v) is 22.2. The number of benzene rings is 2. The number of hydrogen-bond donors (Lipinski definition) is 1. The number of rotatable bonds is 6. The van der Waals surface area contributed by atoms with Crippen LogP contribution in [-0.4, -0.2) is 45.0 Å². The lowest BCUT2D eigenvalue weighted by atomic mass is 10.0. The van der Waals surface area contributed by atoms with Gasteiger partial charge in [0.25, 0.3) is 5.56 Å². The summed E-state index contributed by atoms with van der Waals surface area (Å²) in [5.41, 5.74) is 2.16. The molecule has 0 saturated heterocycles. The summed E-state index contributed by atoms with van der Waals surface area (Å²) in [4.78, 5) is 37.6. The second kappa shape index (κ2) is 10.4. The summed E-state index contributed by atoms with van der Waals surface area (Å²) in [5.74, 6) is -0.673. The lowest BCUT2D eigenvalue weighted by Gasteiger charge is -2.21. The number of carbonyl (C=O) groups excluding carboxylic acids is 1. The molecule has 0 aliphatic rings. The lowest BCUT2D eigenvalue weighted by Crippen LogP contribution is -2.43. The van der Waals surface area contributed by atoms with E-state index in [4.69, 9.17) is 11.6 Å². The van der Waals surface area contributed by atoms with Crippen LogP contribution in [0.4, 0.5) is 4.39 Å². The maximum atomic E-state index is 14.0. The smallest absolute Gasteiger partial charge is 0.263 e. The van der Waals surface area contributed by atoms with Crippen LogP contribution in [0.2, 0.25) is 5.02 Å². The third-order valence-corrected chi connectivity index (χ3v) is 5.72. The molecule has 7 nitrogen and oxygen atoms in total. The molecule has 0 bridgehead atoms. The first-order chi connectivity index (χ1) is 17.4. The van der Waals surface area contributed by atoms with E-state index in [1.807, 2.05) is 58.0 Å². The number of nitrogens with zero attached hydrogens (tertiary/aromatic N) is 4. The third kappa shape index (κ3) is 6.39. The maximum absolute atomic E-state index is 14.0. The van der Waals surface area contributed by atoms with Gasteiger partial charge in [-0.2, -0.15) is 0 Å². The van der Waals surface area contributed by atoms with E-state index in [0.717, 1.165) is 11.1 Å². The number of hydrogen-bond acceptors (Lipinski definition) is 5. The summed E-state index contributed by atoms with van der Waals surface area (Å²) in [6.45, 7) is 5.98. The fourth-order valence-electron chi connectivity index (χ4n) is 4.13. The van der Waals surface area contributed by atoms with E-state index in [1.54, 1.807) is 18.3 Å². The van der Waals surface area contributed by atoms with Gasteiger partial charge in [-0.05, 0) is 82.4 Å². The lowest BCUT2D eigenvalue weighted by molar-refractivity contribution is -0.123. The molecule has 1 amide bonds. The quantitative estimate of drug-likeness (QED) is 0.390. The van der Waals surface area contributed by atoms with Crippen LogP contribution in [0.25, 0.3) is 33.5 Å². The van der Waals surface area contributed by atoms with Gasteiger partial charge in [0, 0.05) is 34.4 Å². The average molecular weight is 522 g/mol. The molecule has 2 heterocycles. The summed E-state index contributed by atoms with van der Waals surface area (Å²) < 4.78 is 15.3.